The summed E-state index contributed by atoms with van der Waals surface area (Å²) in [5.41, 5.74) is 7.23. The number of hydrogen-bond donors (Lipinski definition) is 4. The average Bonchev–Trinajstić information content (AvgIpc) is 2.24. The molecule has 0 aromatic heterocycles. The molecular formula is C9H17N3O5. The van der Waals surface area contributed by atoms with Crippen LogP contribution in [0.2, 0.25) is 0 Å². The fourth-order valence-electron chi connectivity index (χ4n) is 0.696. The second-order valence-corrected chi connectivity index (χ2v) is 3.58. The van der Waals surface area contributed by atoms with Crippen LogP contribution in [0.3, 0.4) is 0 Å². The molecule has 0 saturated heterocycles. The number of carbonyl (C=O) groups excluding carboxylic acids is 2. The molecule has 2 amide bonds. The maximum Gasteiger partial charge on any atom is 0.335 e. The van der Waals surface area contributed by atoms with Crippen LogP contribution >= 0.6 is 0 Å². The Morgan fingerprint density at radius 1 is 1.18 bits per heavy atom. The van der Waals surface area contributed by atoms with Crippen LogP contribution in [-0.4, -0.2) is 41.1 Å². The Labute approximate surface area is 98.4 Å². The number of nitrogens with two attached hydrogens (primary N) is 1. The van der Waals surface area contributed by atoms with Gasteiger partial charge >= 0.3 is 5.97 Å². The number of amides is 2. The van der Waals surface area contributed by atoms with Crippen molar-refractivity contribution in [1.82, 2.24) is 10.8 Å². The molecule has 8 nitrogen and oxygen atoms in total. The number of aliphatic carboxylic acids is 1. The van der Waals surface area contributed by atoms with Gasteiger partial charge in [0.05, 0.1) is 6.04 Å². The van der Waals surface area contributed by atoms with E-state index in [-0.39, 0.29) is 0 Å². The fourth-order valence-corrected chi connectivity index (χ4v) is 0.696. The lowest BCUT2D eigenvalue weighted by atomic mass is 10.2. The molecule has 0 aliphatic heterocycles. The van der Waals surface area contributed by atoms with Crippen LogP contribution in [0.4, 0.5) is 0 Å². The van der Waals surface area contributed by atoms with Crippen molar-refractivity contribution in [2.45, 2.75) is 39.0 Å². The lowest BCUT2D eigenvalue weighted by Gasteiger charge is -2.16. The van der Waals surface area contributed by atoms with Crippen molar-refractivity contribution < 1.29 is 24.3 Å². The average molecular weight is 247 g/mol. The third-order valence-electron chi connectivity index (χ3n) is 1.85. The minimum Gasteiger partial charge on any atom is -0.479 e. The van der Waals surface area contributed by atoms with Crippen molar-refractivity contribution in [2.24, 2.45) is 5.73 Å². The molecule has 0 fully saturated rings. The third kappa shape index (κ3) is 5.83. The van der Waals surface area contributed by atoms with Crippen LogP contribution in [0, 0.1) is 0 Å². The maximum atomic E-state index is 11.3. The Morgan fingerprint density at radius 3 is 2.12 bits per heavy atom. The van der Waals surface area contributed by atoms with Crippen molar-refractivity contribution in [3.8, 4) is 0 Å². The topological polar surface area (TPSA) is 131 Å². The summed E-state index contributed by atoms with van der Waals surface area (Å²) in [6.07, 6.45) is -1.17. The number of carbonyl (C=O) groups is 3. The van der Waals surface area contributed by atoms with Gasteiger partial charge in [0.25, 0.3) is 5.91 Å². The minimum absolute atomic E-state index is 0.487. The van der Waals surface area contributed by atoms with Gasteiger partial charge in [0.15, 0.2) is 6.10 Å². The van der Waals surface area contributed by atoms with Crippen molar-refractivity contribution in [1.29, 1.82) is 0 Å². The molecule has 0 saturated carbocycles. The summed E-state index contributed by atoms with van der Waals surface area (Å²) in [5, 5.41) is 10.8. The quantitative estimate of drug-likeness (QED) is 0.416. The van der Waals surface area contributed by atoms with Gasteiger partial charge in [-0.2, -0.15) is 0 Å². The Morgan fingerprint density at radius 2 is 1.71 bits per heavy atom. The molecule has 5 N–H and O–H groups in total. The van der Waals surface area contributed by atoms with E-state index in [0.717, 1.165) is 0 Å². The Bertz CT molecular complexity index is 305. The molecule has 0 spiro atoms. The van der Waals surface area contributed by atoms with Crippen LogP contribution in [0.25, 0.3) is 0 Å². The summed E-state index contributed by atoms with van der Waals surface area (Å²) >= 11 is 0. The van der Waals surface area contributed by atoms with E-state index in [1.165, 1.54) is 20.8 Å². The zero-order valence-corrected chi connectivity index (χ0v) is 9.89. The van der Waals surface area contributed by atoms with E-state index >= 15 is 0 Å². The largest absolute Gasteiger partial charge is 0.479 e. The van der Waals surface area contributed by atoms with Gasteiger partial charge in [-0.1, -0.05) is 0 Å². The second-order valence-electron chi connectivity index (χ2n) is 3.58. The number of hydroxylamine groups is 1. The first-order valence-electron chi connectivity index (χ1n) is 5.00. The fraction of sp³-hybridized carbons (Fsp3) is 0.667. The second kappa shape index (κ2) is 6.81. The smallest absolute Gasteiger partial charge is 0.335 e. The molecule has 0 aliphatic carbocycles. The molecule has 0 radical (unpaired) electrons. The molecule has 3 atom stereocenters. The highest BCUT2D eigenvalue weighted by atomic mass is 16.7. The molecule has 0 aromatic rings. The monoisotopic (exact) mass is 247 g/mol. The number of carboxylic acid groups (broad SMARTS) is 1. The normalized spacial score (nSPS) is 15.5. The van der Waals surface area contributed by atoms with E-state index in [2.05, 4.69) is 10.2 Å². The first-order valence-corrected chi connectivity index (χ1v) is 5.00. The molecule has 0 aliphatic rings. The SMILES string of the molecule is CC(ONC(=O)[C@H](C)NC(=O)[C@H](C)N)C(=O)O. The maximum absolute atomic E-state index is 11.3. The highest BCUT2D eigenvalue weighted by Crippen LogP contribution is 1.89. The molecular weight excluding hydrogens is 230 g/mol. The first kappa shape index (κ1) is 15.3. The summed E-state index contributed by atoms with van der Waals surface area (Å²) < 4.78 is 0. The summed E-state index contributed by atoms with van der Waals surface area (Å²) in [4.78, 5) is 37.4. The van der Waals surface area contributed by atoms with Crippen LogP contribution < -0.4 is 16.5 Å². The van der Waals surface area contributed by atoms with Gasteiger partial charge in [0, 0.05) is 0 Å². The zero-order valence-electron chi connectivity index (χ0n) is 9.89. The molecule has 8 heteroatoms. The van der Waals surface area contributed by atoms with Gasteiger partial charge in [-0.3, -0.25) is 14.4 Å². The van der Waals surface area contributed by atoms with Gasteiger partial charge in [-0.25, -0.2) is 10.3 Å². The van der Waals surface area contributed by atoms with Crippen molar-refractivity contribution in [3.63, 3.8) is 0 Å². The molecule has 98 valence electrons. The summed E-state index contributed by atoms with van der Waals surface area (Å²) in [6.45, 7) is 4.15. The molecule has 0 heterocycles. The molecule has 0 bridgehead atoms. The van der Waals surface area contributed by atoms with E-state index in [9.17, 15) is 14.4 Å². The van der Waals surface area contributed by atoms with Crippen molar-refractivity contribution in [3.05, 3.63) is 0 Å². The summed E-state index contributed by atoms with van der Waals surface area (Å²) in [7, 11) is 0. The highest BCUT2D eigenvalue weighted by Gasteiger charge is 2.19. The van der Waals surface area contributed by atoms with Crippen molar-refractivity contribution in [2.75, 3.05) is 0 Å². The van der Waals surface area contributed by atoms with Crippen LogP contribution in [0.5, 0.6) is 0 Å². The lowest BCUT2D eigenvalue weighted by Crippen LogP contribution is -2.50. The predicted octanol–water partition coefficient (Wildman–Crippen LogP) is -1.64. The van der Waals surface area contributed by atoms with Gasteiger partial charge in [-0.15, -0.1) is 0 Å². The van der Waals surface area contributed by atoms with Gasteiger partial charge < -0.3 is 16.2 Å². The molecule has 17 heavy (non-hydrogen) atoms. The van der Waals surface area contributed by atoms with Crippen LogP contribution in [-0.2, 0) is 19.2 Å². The van der Waals surface area contributed by atoms with Crippen molar-refractivity contribution >= 4 is 17.8 Å². The minimum atomic E-state index is -1.21. The number of rotatable bonds is 6. The Kier molecular flexibility index (Phi) is 6.15. The number of hydrogen-bond acceptors (Lipinski definition) is 5. The Balaban J connectivity index is 4.06. The van der Waals surface area contributed by atoms with Gasteiger partial charge in [-0.05, 0) is 20.8 Å². The first-order chi connectivity index (χ1) is 7.75. The van der Waals surface area contributed by atoms with E-state index < -0.39 is 36.0 Å². The standard InChI is InChI=1S/C9H17N3O5/c1-4(10)7(13)11-5(2)8(14)12-17-6(3)9(15)16/h4-6H,10H2,1-3H3,(H,11,13)(H,12,14)(H,15,16)/t4-,5-,6?/m0/s1. The molecule has 1 unspecified atom stereocenters. The van der Waals surface area contributed by atoms with E-state index in [1.807, 2.05) is 5.48 Å². The third-order valence-corrected chi connectivity index (χ3v) is 1.85. The van der Waals surface area contributed by atoms with E-state index in [1.54, 1.807) is 0 Å². The molecule has 0 rings (SSSR count). The van der Waals surface area contributed by atoms with Gasteiger partial charge in [0.1, 0.15) is 6.04 Å². The van der Waals surface area contributed by atoms with E-state index in [4.69, 9.17) is 10.8 Å². The highest BCUT2D eigenvalue weighted by molar-refractivity contribution is 5.88. The van der Waals surface area contributed by atoms with Gasteiger partial charge in [0.2, 0.25) is 5.91 Å². The van der Waals surface area contributed by atoms with Crippen LogP contribution in [0.1, 0.15) is 20.8 Å². The predicted molar refractivity (Wildman–Crippen MR) is 57.6 cm³/mol. The number of carboxylic acids is 1. The summed E-state index contributed by atoms with van der Waals surface area (Å²) in [5.74, 6) is -2.36. The Hall–Kier alpha value is -1.67. The van der Waals surface area contributed by atoms with Crippen LogP contribution in [0.15, 0.2) is 0 Å². The lowest BCUT2D eigenvalue weighted by molar-refractivity contribution is -0.159. The summed E-state index contributed by atoms with van der Waals surface area (Å²) in [6, 6.07) is -1.60. The number of nitrogens with one attached hydrogen (secondary N) is 2. The molecule has 0 aromatic carbocycles. The zero-order chi connectivity index (χ0) is 13.6. The van der Waals surface area contributed by atoms with E-state index in [0.29, 0.717) is 0 Å².